The van der Waals surface area contributed by atoms with Gasteiger partial charge in [-0.25, -0.2) is 8.78 Å². The Morgan fingerprint density at radius 3 is 2.50 bits per heavy atom. The van der Waals surface area contributed by atoms with Crippen LogP contribution >= 0.6 is 0 Å². The summed E-state index contributed by atoms with van der Waals surface area (Å²) >= 11 is 0. The maximum atomic E-state index is 14.2. The molecule has 0 heterocycles. The Morgan fingerprint density at radius 1 is 1.10 bits per heavy atom. The fraction of sp³-hybridized carbons (Fsp3) is 0.250. The zero-order valence-corrected chi connectivity index (χ0v) is 11.7. The molecule has 0 unspecified atom stereocenters. The lowest BCUT2D eigenvalue weighted by Crippen LogP contribution is -2.18. The first kappa shape index (κ1) is 14.5. The van der Waals surface area contributed by atoms with Gasteiger partial charge in [0, 0.05) is 18.8 Å². The van der Waals surface area contributed by atoms with Gasteiger partial charge in [0.1, 0.15) is 11.6 Å². The van der Waals surface area contributed by atoms with Crippen LogP contribution < -0.4 is 10.2 Å². The molecule has 0 saturated carbocycles. The lowest BCUT2D eigenvalue weighted by Gasteiger charge is -2.24. The molecule has 4 heteroatoms. The van der Waals surface area contributed by atoms with Gasteiger partial charge in [0.15, 0.2) is 0 Å². The lowest BCUT2D eigenvalue weighted by molar-refractivity contribution is 0.619. The molecule has 2 nitrogen and oxygen atoms in total. The van der Waals surface area contributed by atoms with Crippen LogP contribution in [0, 0.1) is 11.6 Å². The van der Waals surface area contributed by atoms with Crippen LogP contribution in [0.25, 0.3) is 0 Å². The Morgan fingerprint density at radius 2 is 1.90 bits per heavy atom. The monoisotopic (exact) mass is 276 g/mol. The first-order valence-corrected chi connectivity index (χ1v) is 6.62. The van der Waals surface area contributed by atoms with E-state index in [1.165, 1.54) is 18.2 Å². The van der Waals surface area contributed by atoms with Gasteiger partial charge >= 0.3 is 0 Å². The largest absolute Gasteiger partial charge is 0.339 e. The maximum Gasteiger partial charge on any atom is 0.147 e. The number of nitrogens with one attached hydrogen (secondary N) is 1. The molecule has 0 fully saturated rings. The fourth-order valence-electron chi connectivity index (χ4n) is 2.22. The third-order valence-electron chi connectivity index (χ3n) is 3.12. The molecule has 0 aliphatic heterocycles. The number of benzene rings is 2. The molecular formula is C16H18F2N2. The van der Waals surface area contributed by atoms with E-state index in [-0.39, 0.29) is 11.6 Å². The lowest BCUT2D eigenvalue weighted by atomic mass is 10.1. The van der Waals surface area contributed by atoms with Gasteiger partial charge in [-0.1, -0.05) is 12.1 Å². The molecular weight excluding hydrogens is 258 g/mol. The molecule has 106 valence electrons. The van der Waals surface area contributed by atoms with Gasteiger partial charge < -0.3 is 10.2 Å². The minimum absolute atomic E-state index is 0.302. The second-order valence-corrected chi connectivity index (χ2v) is 4.54. The van der Waals surface area contributed by atoms with Crippen molar-refractivity contribution in [2.45, 2.75) is 13.5 Å². The minimum atomic E-state index is -0.326. The highest BCUT2D eigenvalue weighted by Gasteiger charge is 2.13. The van der Waals surface area contributed by atoms with Gasteiger partial charge in [-0.2, -0.15) is 0 Å². The predicted octanol–water partition coefficient (Wildman–Crippen LogP) is 3.84. The van der Waals surface area contributed by atoms with Gasteiger partial charge in [0.25, 0.3) is 0 Å². The number of halogens is 2. The maximum absolute atomic E-state index is 14.2. The summed E-state index contributed by atoms with van der Waals surface area (Å²) in [6.07, 6.45) is 0. The van der Waals surface area contributed by atoms with Crippen molar-refractivity contribution in [2.24, 2.45) is 0 Å². The van der Waals surface area contributed by atoms with Gasteiger partial charge in [-0.3, -0.25) is 0 Å². The van der Waals surface area contributed by atoms with E-state index in [0.29, 0.717) is 24.5 Å². The molecule has 2 rings (SSSR count). The van der Waals surface area contributed by atoms with E-state index in [2.05, 4.69) is 5.32 Å². The molecule has 0 spiro atoms. The van der Waals surface area contributed by atoms with Gasteiger partial charge in [-0.05, 0) is 49.9 Å². The summed E-state index contributed by atoms with van der Waals surface area (Å²) in [5.41, 5.74) is 1.98. The number of rotatable bonds is 5. The molecule has 0 atom stereocenters. The minimum Gasteiger partial charge on any atom is -0.339 e. The Kier molecular flexibility index (Phi) is 4.69. The van der Waals surface area contributed by atoms with Crippen LogP contribution in [0.1, 0.15) is 12.5 Å². The summed E-state index contributed by atoms with van der Waals surface area (Å²) in [4.78, 5) is 1.75. The third-order valence-corrected chi connectivity index (χ3v) is 3.12. The first-order valence-electron chi connectivity index (χ1n) is 6.62. The standard InChI is InChI=1S/C16H18F2N2/c1-3-20(14-6-4-5-13(17)10-14)16-8-7-12(11-19-2)9-15(16)18/h4-10,19H,3,11H2,1-2H3. The van der Waals surface area contributed by atoms with Crippen LogP contribution in [0.3, 0.4) is 0 Å². The topological polar surface area (TPSA) is 15.3 Å². The summed E-state index contributed by atoms with van der Waals surface area (Å²) in [5, 5.41) is 2.98. The first-order chi connectivity index (χ1) is 9.65. The van der Waals surface area contributed by atoms with E-state index in [1.54, 1.807) is 23.1 Å². The van der Waals surface area contributed by atoms with E-state index in [9.17, 15) is 8.78 Å². The van der Waals surface area contributed by atoms with E-state index in [0.717, 1.165) is 5.56 Å². The summed E-state index contributed by atoms with van der Waals surface area (Å²) in [6, 6.07) is 11.3. The second kappa shape index (κ2) is 6.48. The van der Waals surface area contributed by atoms with E-state index in [1.807, 2.05) is 20.0 Å². The SMILES string of the molecule is CCN(c1cccc(F)c1)c1ccc(CNC)cc1F. The number of hydrogen-bond acceptors (Lipinski definition) is 2. The smallest absolute Gasteiger partial charge is 0.147 e. The highest BCUT2D eigenvalue weighted by Crippen LogP contribution is 2.28. The van der Waals surface area contributed by atoms with E-state index >= 15 is 0 Å². The number of nitrogens with zero attached hydrogens (tertiary/aromatic N) is 1. The summed E-state index contributed by atoms with van der Waals surface area (Å²) < 4.78 is 27.5. The van der Waals surface area contributed by atoms with Crippen molar-refractivity contribution in [1.29, 1.82) is 0 Å². The highest BCUT2D eigenvalue weighted by molar-refractivity contribution is 5.64. The molecule has 2 aromatic rings. The quantitative estimate of drug-likeness (QED) is 0.892. The molecule has 0 radical (unpaired) electrons. The zero-order chi connectivity index (χ0) is 14.5. The molecule has 0 aliphatic rings. The van der Waals surface area contributed by atoms with Crippen LogP contribution in [0.4, 0.5) is 20.2 Å². The predicted molar refractivity (Wildman–Crippen MR) is 78.2 cm³/mol. The van der Waals surface area contributed by atoms with Crippen LogP contribution in [0.5, 0.6) is 0 Å². The molecule has 2 aromatic carbocycles. The van der Waals surface area contributed by atoms with Crippen LogP contribution in [-0.2, 0) is 6.54 Å². The zero-order valence-electron chi connectivity index (χ0n) is 11.7. The Hall–Kier alpha value is -1.94. The van der Waals surface area contributed by atoms with Crippen LogP contribution in [0.2, 0.25) is 0 Å². The average molecular weight is 276 g/mol. The fourth-order valence-corrected chi connectivity index (χ4v) is 2.22. The molecule has 0 bridgehead atoms. The van der Waals surface area contributed by atoms with Gasteiger partial charge in [0.05, 0.1) is 5.69 Å². The second-order valence-electron chi connectivity index (χ2n) is 4.54. The van der Waals surface area contributed by atoms with Crippen LogP contribution in [-0.4, -0.2) is 13.6 Å². The van der Waals surface area contributed by atoms with Gasteiger partial charge in [0.2, 0.25) is 0 Å². The molecule has 0 aromatic heterocycles. The normalized spacial score (nSPS) is 10.6. The van der Waals surface area contributed by atoms with Crippen LogP contribution in [0.15, 0.2) is 42.5 Å². The van der Waals surface area contributed by atoms with Crippen molar-refractivity contribution in [3.05, 3.63) is 59.7 Å². The number of anilines is 2. The molecule has 0 saturated heterocycles. The van der Waals surface area contributed by atoms with Crippen molar-refractivity contribution in [3.8, 4) is 0 Å². The van der Waals surface area contributed by atoms with Crippen molar-refractivity contribution in [1.82, 2.24) is 5.32 Å². The Labute approximate surface area is 118 Å². The Balaban J connectivity index is 2.37. The molecule has 1 N–H and O–H groups in total. The summed E-state index contributed by atoms with van der Waals surface area (Å²) in [5.74, 6) is -0.628. The van der Waals surface area contributed by atoms with E-state index < -0.39 is 0 Å². The summed E-state index contributed by atoms with van der Waals surface area (Å²) in [6.45, 7) is 3.08. The number of hydrogen-bond donors (Lipinski definition) is 1. The van der Waals surface area contributed by atoms with E-state index in [4.69, 9.17) is 0 Å². The Bertz CT molecular complexity index is 584. The molecule has 20 heavy (non-hydrogen) atoms. The van der Waals surface area contributed by atoms with Crippen molar-refractivity contribution >= 4 is 11.4 Å². The van der Waals surface area contributed by atoms with Gasteiger partial charge in [-0.15, -0.1) is 0 Å². The third kappa shape index (κ3) is 3.14. The van der Waals surface area contributed by atoms with Crippen molar-refractivity contribution < 1.29 is 8.78 Å². The van der Waals surface area contributed by atoms with Crippen molar-refractivity contribution in [3.63, 3.8) is 0 Å². The average Bonchev–Trinajstić information content (AvgIpc) is 2.42. The van der Waals surface area contributed by atoms with Crippen molar-refractivity contribution in [2.75, 3.05) is 18.5 Å². The molecule has 0 aliphatic carbocycles. The molecule has 0 amide bonds. The summed E-state index contributed by atoms with van der Waals surface area (Å²) in [7, 11) is 1.82. The highest BCUT2D eigenvalue weighted by atomic mass is 19.1.